The molecule has 1 saturated heterocycles. The smallest absolute Gasteiger partial charge is 0.179 e. The molecule has 3 heteroatoms. The van der Waals surface area contributed by atoms with Crippen molar-refractivity contribution < 1.29 is 4.79 Å². The minimum atomic E-state index is -0.00822. The van der Waals surface area contributed by atoms with Crippen molar-refractivity contribution in [2.75, 3.05) is 12.3 Å². The molecule has 0 saturated carbocycles. The Morgan fingerprint density at radius 2 is 1.94 bits per heavy atom. The van der Waals surface area contributed by atoms with Crippen LogP contribution in [0.1, 0.15) is 36.0 Å². The summed E-state index contributed by atoms with van der Waals surface area (Å²) in [5.74, 6) is 0.196. The number of benzene rings is 1. The van der Waals surface area contributed by atoms with Crippen molar-refractivity contribution >= 4 is 11.5 Å². The van der Waals surface area contributed by atoms with Crippen LogP contribution < -0.4 is 11.1 Å². The zero-order valence-corrected chi connectivity index (χ0v) is 9.41. The van der Waals surface area contributed by atoms with Gasteiger partial charge in [0.15, 0.2) is 5.78 Å². The van der Waals surface area contributed by atoms with E-state index in [1.165, 1.54) is 12.8 Å². The van der Waals surface area contributed by atoms with Crippen LogP contribution >= 0.6 is 0 Å². The number of carbonyl (C=O) groups excluding carboxylic acids is 1. The summed E-state index contributed by atoms with van der Waals surface area (Å²) in [7, 11) is 0. The Morgan fingerprint density at radius 1 is 1.19 bits per heavy atom. The van der Waals surface area contributed by atoms with Gasteiger partial charge in [-0.3, -0.25) is 4.79 Å². The molecule has 0 amide bonds. The summed E-state index contributed by atoms with van der Waals surface area (Å²) >= 11 is 0. The van der Waals surface area contributed by atoms with Gasteiger partial charge >= 0.3 is 0 Å². The van der Waals surface area contributed by atoms with E-state index in [9.17, 15) is 4.79 Å². The molecule has 0 radical (unpaired) electrons. The first kappa shape index (κ1) is 11.1. The molecule has 0 spiro atoms. The van der Waals surface area contributed by atoms with Crippen LogP contribution in [0.5, 0.6) is 0 Å². The Kier molecular flexibility index (Phi) is 3.57. The number of rotatable bonds is 2. The second-order valence-electron chi connectivity index (χ2n) is 4.34. The lowest BCUT2D eigenvalue weighted by atomic mass is 10.0. The van der Waals surface area contributed by atoms with Gasteiger partial charge < -0.3 is 11.1 Å². The number of nitrogen functional groups attached to an aromatic ring is 1. The molecule has 1 aromatic carbocycles. The average molecular weight is 218 g/mol. The van der Waals surface area contributed by atoms with Crippen LogP contribution in [0.3, 0.4) is 0 Å². The van der Waals surface area contributed by atoms with Crippen molar-refractivity contribution in [2.24, 2.45) is 0 Å². The molecule has 1 aromatic rings. The molecule has 1 atom stereocenters. The van der Waals surface area contributed by atoms with Crippen molar-refractivity contribution in [3.8, 4) is 0 Å². The van der Waals surface area contributed by atoms with Gasteiger partial charge in [-0.2, -0.15) is 0 Å². The second-order valence-corrected chi connectivity index (χ2v) is 4.34. The third kappa shape index (κ3) is 2.61. The van der Waals surface area contributed by atoms with Gasteiger partial charge in [0.1, 0.15) is 0 Å². The zero-order valence-electron chi connectivity index (χ0n) is 9.41. The van der Waals surface area contributed by atoms with Crippen LogP contribution in [-0.4, -0.2) is 18.4 Å². The predicted molar refractivity (Wildman–Crippen MR) is 65.4 cm³/mol. The maximum absolute atomic E-state index is 12.2. The first-order valence-electron chi connectivity index (χ1n) is 5.90. The van der Waals surface area contributed by atoms with Gasteiger partial charge in [-0.1, -0.05) is 12.8 Å². The lowest BCUT2D eigenvalue weighted by molar-refractivity contribution is 0.0940. The van der Waals surface area contributed by atoms with Crippen molar-refractivity contribution in [3.63, 3.8) is 0 Å². The van der Waals surface area contributed by atoms with E-state index in [1.54, 1.807) is 12.1 Å². The van der Waals surface area contributed by atoms with Crippen molar-refractivity contribution in [2.45, 2.75) is 31.7 Å². The van der Waals surface area contributed by atoms with Crippen molar-refractivity contribution in [1.82, 2.24) is 5.32 Å². The van der Waals surface area contributed by atoms with E-state index in [-0.39, 0.29) is 11.8 Å². The zero-order chi connectivity index (χ0) is 11.4. The topological polar surface area (TPSA) is 55.1 Å². The molecule has 1 aliphatic heterocycles. The Morgan fingerprint density at radius 3 is 2.69 bits per heavy atom. The van der Waals surface area contributed by atoms with E-state index in [2.05, 4.69) is 5.32 Å². The van der Waals surface area contributed by atoms with Crippen molar-refractivity contribution in [1.29, 1.82) is 0 Å². The number of ketones is 1. The summed E-state index contributed by atoms with van der Waals surface area (Å²) in [6.07, 6.45) is 4.48. The average Bonchev–Trinajstić information content (AvgIpc) is 2.57. The van der Waals surface area contributed by atoms with E-state index in [0.29, 0.717) is 5.69 Å². The minimum absolute atomic E-state index is 0.00822. The Hall–Kier alpha value is -1.35. The first-order chi connectivity index (χ1) is 7.77. The molecule has 2 rings (SSSR count). The lowest BCUT2D eigenvalue weighted by Crippen LogP contribution is -2.36. The number of hydrogen-bond acceptors (Lipinski definition) is 3. The number of anilines is 1. The molecule has 0 aromatic heterocycles. The molecule has 3 N–H and O–H groups in total. The van der Waals surface area contributed by atoms with E-state index in [4.69, 9.17) is 5.73 Å². The summed E-state index contributed by atoms with van der Waals surface area (Å²) in [6, 6.07) is 7.17. The summed E-state index contributed by atoms with van der Waals surface area (Å²) in [5.41, 5.74) is 7.06. The van der Waals surface area contributed by atoms with E-state index in [0.717, 1.165) is 24.9 Å². The Bertz CT molecular complexity index is 351. The molecule has 1 unspecified atom stereocenters. The highest BCUT2D eigenvalue weighted by Gasteiger charge is 2.20. The number of carbonyl (C=O) groups is 1. The third-order valence-electron chi connectivity index (χ3n) is 3.07. The van der Waals surface area contributed by atoms with Gasteiger partial charge in [-0.15, -0.1) is 0 Å². The molecule has 1 heterocycles. The summed E-state index contributed by atoms with van der Waals surface area (Å²) in [4.78, 5) is 12.2. The van der Waals surface area contributed by atoms with Gasteiger partial charge in [0, 0.05) is 11.3 Å². The fourth-order valence-corrected chi connectivity index (χ4v) is 2.10. The lowest BCUT2D eigenvalue weighted by Gasteiger charge is -2.14. The molecule has 1 fully saturated rings. The molecule has 0 aliphatic carbocycles. The van der Waals surface area contributed by atoms with E-state index in [1.807, 2.05) is 12.1 Å². The molecule has 86 valence electrons. The quantitative estimate of drug-likeness (QED) is 0.589. The van der Waals surface area contributed by atoms with E-state index < -0.39 is 0 Å². The SMILES string of the molecule is Nc1ccc(C(=O)C2CCCCCN2)cc1. The highest BCUT2D eigenvalue weighted by molar-refractivity contribution is 6.00. The summed E-state index contributed by atoms with van der Waals surface area (Å²) in [5, 5.41) is 3.31. The summed E-state index contributed by atoms with van der Waals surface area (Å²) in [6.45, 7) is 0.950. The largest absolute Gasteiger partial charge is 0.399 e. The highest BCUT2D eigenvalue weighted by atomic mass is 16.1. The molecule has 0 bridgehead atoms. The monoisotopic (exact) mass is 218 g/mol. The standard InChI is InChI=1S/C13H18N2O/c14-11-7-5-10(6-8-11)13(16)12-4-2-1-3-9-15-12/h5-8,12,15H,1-4,9,14H2. The van der Waals surface area contributed by atoms with Crippen LogP contribution in [-0.2, 0) is 0 Å². The highest BCUT2D eigenvalue weighted by Crippen LogP contribution is 2.14. The van der Waals surface area contributed by atoms with E-state index >= 15 is 0 Å². The van der Waals surface area contributed by atoms with Crippen LogP contribution in [0.25, 0.3) is 0 Å². The fourth-order valence-electron chi connectivity index (χ4n) is 2.10. The van der Waals surface area contributed by atoms with Crippen LogP contribution in [0, 0.1) is 0 Å². The molecule has 3 nitrogen and oxygen atoms in total. The summed E-state index contributed by atoms with van der Waals surface area (Å²) < 4.78 is 0. The van der Waals surface area contributed by atoms with Crippen molar-refractivity contribution in [3.05, 3.63) is 29.8 Å². The fraction of sp³-hybridized carbons (Fsp3) is 0.462. The number of hydrogen-bond donors (Lipinski definition) is 2. The molecular weight excluding hydrogens is 200 g/mol. The maximum Gasteiger partial charge on any atom is 0.179 e. The third-order valence-corrected chi connectivity index (χ3v) is 3.07. The maximum atomic E-state index is 12.2. The predicted octanol–water partition coefficient (Wildman–Crippen LogP) is 1.98. The second kappa shape index (κ2) is 5.12. The minimum Gasteiger partial charge on any atom is -0.399 e. The van der Waals surface area contributed by atoms with Crippen LogP contribution in [0.15, 0.2) is 24.3 Å². The Balaban J connectivity index is 2.08. The van der Waals surface area contributed by atoms with Gasteiger partial charge in [0.2, 0.25) is 0 Å². The van der Waals surface area contributed by atoms with Crippen LogP contribution in [0.2, 0.25) is 0 Å². The molecule has 1 aliphatic rings. The Labute approximate surface area is 96.0 Å². The molecular formula is C13H18N2O. The number of nitrogens with two attached hydrogens (primary N) is 1. The van der Waals surface area contributed by atoms with Gasteiger partial charge in [0.05, 0.1) is 6.04 Å². The normalized spacial score (nSPS) is 21.4. The van der Waals surface area contributed by atoms with Gasteiger partial charge in [-0.05, 0) is 43.7 Å². The first-order valence-corrected chi connectivity index (χ1v) is 5.90. The van der Waals surface area contributed by atoms with Crippen LogP contribution in [0.4, 0.5) is 5.69 Å². The number of nitrogens with one attached hydrogen (secondary N) is 1. The number of Topliss-reactive ketones (excluding diaryl/α,β-unsaturated/α-hetero) is 1. The van der Waals surface area contributed by atoms with Gasteiger partial charge in [-0.25, -0.2) is 0 Å². The molecule has 16 heavy (non-hydrogen) atoms. The van der Waals surface area contributed by atoms with Gasteiger partial charge in [0.25, 0.3) is 0 Å².